The second-order valence-corrected chi connectivity index (χ2v) is 8.60. The van der Waals surface area contributed by atoms with E-state index in [0.29, 0.717) is 0 Å². The van der Waals surface area contributed by atoms with Gasteiger partial charge in [0.2, 0.25) is 0 Å². The third kappa shape index (κ3) is 7.17. The van der Waals surface area contributed by atoms with Gasteiger partial charge in [0, 0.05) is 0 Å². The average molecular weight is 533 g/mol. The zero-order valence-electron chi connectivity index (χ0n) is 21.0. The molecular weight excluding hydrogens is 504 g/mol. The minimum atomic E-state index is -1.73. The van der Waals surface area contributed by atoms with Crippen molar-refractivity contribution in [3.05, 3.63) is 120 Å². The molecule has 0 radical (unpaired) electrons. The normalized spacial score (nSPS) is 22.3. The molecule has 5 atom stereocenters. The van der Waals surface area contributed by atoms with Crippen LogP contribution >= 0.6 is 0 Å². The quantitative estimate of drug-likeness (QED) is 0.181. The Balaban J connectivity index is 1.68. The summed E-state index contributed by atoms with van der Waals surface area (Å²) in [5.74, 6) is -2.30. The van der Waals surface area contributed by atoms with E-state index in [0.717, 1.165) is 0 Å². The third-order valence-electron chi connectivity index (χ3n) is 5.88. The van der Waals surface area contributed by atoms with Gasteiger partial charge in [0.1, 0.15) is 6.10 Å². The van der Waals surface area contributed by atoms with Crippen LogP contribution in [0.25, 0.3) is 0 Å². The number of carbonyl (C=O) groups is 3. The summed E-state index contributed by atoms with van der Waals surface area (Å²) in [6, 6.07) is 24.4. The van der Waals surface area contributed by atoms with E-state index in [4.69, 9.17) is 23.7 Å². The van der Waals surface area contributed by atoms with Crippen molar-refractivity contribution in [3.63, 3.8) is 0 Å². The lowest BCUT2D eigenvalue weighted by Crippen LogP contribution is -2.62. The molecule has 0 aromatic heterocycles. The molecule has 3 aromatic carbocycles. The topological polar surface area (TPSA) is 118 Å². The lowest BCUT2D eigenvalue weighted by atomic mass is 9.97. The van der Waals surface area contributed by atoms with Crippen molar-refractivity contribution in [1.82, 2.24) is 0 Å². The predicted molar refractivity (Wildman–Crippen MR) is 139 cm³/mol. The first-order valence-corrected chi connectivity index (χ1v) is 12.3. The van der Waals surface area contributed by atoms with E-state index in [1.807, 2.05) is 0 Å². The Morgan fingerprint density at radius 1 is 0.692 bits per heavy atom. The van der Waals surface area contributed by atoms with Gasteiger partial charge in [-0.25, -0.2) is 14.4 Å². The maximum atomic E-state index is 13.1. The van der Waals surface area contributed by atoms with Crippen LogP contribution in [-0.4, -0.2) is 66.9 Å². The van der Waals surface area contributed by atoms with Gasteiger partial charge >= 0.3 is 17.9 Å². The standard InChI is InChI=1S/C30H28O9/c1-2-18-35-19-23-24(37-27(31)20-12-6-3-7-13-20)25(38-28(32)21-14-8-4-9-15-21)26(30(34)36-23)39-29(33)22-16-10-5-11-17-22/h2-17,23-26,30,34H,1,18-19H2/t23-,24-,25+,26-,30+/m1/s1. The van der Waals surface area contributed by atoms with Crippen LogP contribution in [0.1, 0.15) is 31.1 Å². The summed E-state index contributed by atoms with van der Waals surface area (Å²) in [4.78, 5) is 39.1. The van der Waals surface area contributed by atoms with E-state index in [2.05, 4.69) is 6.58 Å². The Kier molecular flexibility index (Phi) is 9.58. The SMILES string of the molecule is C=CCOC[C@H]1O[C@H](O)[C@H](OC(=O)c2ccccc2)[C@@H](OC(=O)c2ccccc2)[C@@H]1OC(=O)c1ccccc1. The van der Waals surface area contributed by atoms with Crippen LogP contribution in [0.2, 0.25) is 0 Å². The maximum absolute atomic E-state index is 13.1. The van der Waals surface area contributed by atoms with Gasteiger partial charge in [-0.3, -0.25) is 0 Å². The molecule has 9 nitrogen and oxygen atoms in total. The molecule has 0 amide bonds. The molecule has 9 heteroatoms. The van der Waals surface area contributed by atoms with Gasteiger partial charge in [-0.05, 0) is 36.4 Å². The Labute approximate surface area is 225 Å². The van der Waals surface area contributed by atoms with Crippen LogP contribution in [0.5, 0.6) is 0 Å². The Morgan fingerprint density at radius 2 is 1.10 bits per heavy atom. The first-order valence-electron chi connectivity index (χ1n) is 12.3. The second kappa shape index (κ2) is 13.5. The molecule has 1 aliphatic rings. The largest absolute Gasteiger partial charge is 0.452 e. The maximum Gasteiger partial charge on any atom is 0.338 e. The van der Waals surface area contributed by atoms with Crippen molar-refractivity contribution < 1.29 is 43.2 Å². The fraction of sp³-hybridized carbons (Fsp3) is 0.233. The van der Waals surface area contributed by atoms with Crippen molar-refractivity contribution in [2.45, 2.75) is 30.7 Å². The highest BCUT2D eigenvalue weighted by Gasteiger charge is 2.52. The van der Waals surface area contributed by atoms with Crippen LogP contribution in [-0.2, 0) is 23.7 Å². The lowest BCUT2D eigenvalue weighted by Gasteiger charge is -2.43. The van der Waals surface area contributed by atoms with E-state index < -0.39 is 48.6 Å². The Bertz CT molecular complexity index is 1250. The number of ether oxygens (including phenoxy) is 5. The van der Waals surface area contributed by atoms with Gasteiger partial charge in [0.15, 0.2) is 24.6 Å². The fourth-order valence-electron chi connectivity index (χ4n) is 4.00. The number of esters is 3. The first kappa shape index (κ1) is 27.7. The fourth-order valence-corrected chi connectivity index (χ4v) is 4.00. The number of aliphatic hydroxyl groups excluding tert-OH is 1. The van der Waals surface area contributed by atoms with Gasteiger partial charge < -0.3 is 28.8 Å². The lowest BCUT2D eigenvalue weighted by molar-refractivity contribution is -0.286. The summed E-state index contributed by atoms with van der Waals surface area (Å²) >= 11 is 0. The highest BCUT2D eigenvalue weighted by atomic mass is 16.7. The van der Waals surface area contributed by atoms with Crippen molar-refractivity contribution in [2.24, 2.45) is 0 Å². The number of aliphatic hydroxyl groups is 1. The average Bonchev–Trinajstić information content (AvgIpc) is 2.97. The third-order valence-corrected chi connectivity index (χ3v) is 5.88. The summed E-state index contributed by atoms with van der Waals surface area (Å²) in [6.45, 7) is 3.60. The van der Waals surface area contributed by atoms with Gasteiger partial charge in [-0.2, -0.15) is 0 Å². The highest BCUT2D eigenvalue weighted by molar-refractivity contribution is 5.91. The number of rotatable bonds is 10. The molecule has 1 aliphatic heterocycles. The minimum absolute atomic E-state index is 0.144. The number of hydrogen-bond donors (Lipinski definition) is 1. The molecule has 39 heavy (non-hydrogen) atoms. The summed E-state index contributed by atoms with van der Waals surface area (Å²) in [5.41, 5.74) is 0.645. The van der Waals surface area contributed by atoms with E-state index in [9.17, 15) is 19.5 Å². The van der Waals surface area contributed by atoms with Gasteiger partial charge in [-0.1, -0.05) is 60.7 Å². The summed E-state index contributed by atoms with van der Waals surface area (Å²) in [5, 5.41) is 10.9. The molecule has 3 aromatic rings. The number of carbonyl (C=O) groups excluding carboxylic acids is 3. The van der Waals surface area contributed by atoms with Crippen LogP contribution in [0.4, 0.5) is 0 Å². The monoisotopic (exact) mass is 532 g/mol. The van der Waals surface area contributed by atoms with E-state index in [1.54, 1.807) is 78.9 Å². The molecule has 1 N–H and O–H groups in total. The molecule has 1 saturated heterocycles. The zero-order chi connectivity index (χ0) is 27.6. The molecule has 0 spiro atoms. The minimum Gasteiger partial charge on any atom is -0.452 e. The van der Waals surface area contributed by atoms with Crippen LogP contribution in [0.3, 0.4) is 0 Å². The molecule has 0 unspecified atom stereocenters. The van der Waals surface area contributed by atoms with Crippen molar-refractivity contribution in [1.29, 1.82) is 0 Å². The highest BCUT2D eigenvalue weighted by Crippen LogP contribution is 2.30. The molecule has 202 valence electrons. The van der Waals surface area contributed by atoms with Crippen molar-refractivity contribution in [2.75, 3.05) is 13.2 Å². The second-order valence-electron chi connectivity index (χ2n) is 8.60. The molecule has 1 fully saturated rings. The van der Waals surface area contributed by atoms with E-state index in [-0.39, 0.29) is 29.9 Å². The molecule has 4 rings (SSSR count). The van der Waals surface area contributed by atoms with Gasteiger partial charge in [-0.15, -0.1) is 6.58 Å². The van der Waals surface area contributed by atoms with E-state index in [1.165, 1.54) is 18.2 Å². The van der Waals surface area contributed by atoms with Gasteiger partial charge in [0.05, 0.1) is 29.9 Å². The number of benzene rings is 3. The zero-order valence-corrected chi connectivity index (χ0v) is 21.0. The number of hydrogen-bond acceptors (Lipinski definition) is 9. The van der Waals surface area contributed by atoms with Gasteiger partial charge in [0.25, 0.3) is 0 Å². The first-order chi connectivity index (χ1) is 19.0. The van der Waals surface area contributed by atoms with Crippen LogP contribution in [0, 0.1) is 0 Å². The van der Waals surface area contributed by atoms with E-state index >= 15 is 0 Å². The predicted octanol–water partition coefficient (Wildman–Crippen LogP) is 3.58. The molecule has 0 saturated carbocycles. The van der Waals surface area contributed by atoms with Crippen LogP contribution < -0.4 is 0 Å². The van der Waals surface area contributed by atoms with Crippen LogP contribution in [0.15, 0.2) is 104 Å². The summed E-state index contributed by atoms with van der Waals surface area (Å²) < 4.78 is 28.4. The molecule has 0 aliphatic carbocycles. The molecule has 0 bridgehead atoms. The summed E-state index contributed by atoms with van der Waals surface area (Å²) in [6.07, 6.45) is -5.58. The molecular formula is C30H28O9. The molecule has 1 heterocycles. The van der Waals surface area contributed by atoms with Crippen molar-refractivity contribution in [3.8, 4) is 0 Å². The summed E-state index contributed by atoms with van der Waals surface area (Å²) in [7, 11) is 0. The van der Waals surface area contributed by atoms with Crippen molar-refractivity contribution >= 4 is 17.9 Å². The Hall–Kier alpha value is -4.31. The smallest absolute Gasteiger partial charge is 0.338 e. The Morgan fingerprint density at radius 3 is 1.54 bits per heavy atom.